The molecule has 5 nitrogen and oxygen atoms in total. The Kier molecular flexibility index (Phi) is 3.46. The van der Waals surface area contributed by atoms with Crippen molar-refractivity contribution in [2.75, 3.05) is 6.54 Å². The number of sulfonamides is 1. The predicted octanol–water partition coefficient (Wildman–Crippen LogP) is 0.713. The molecule has 17 heavy (non-hydrogen) atoms. The summed E-state index contributed by atoms with van der Waals surface area (Å²) >= 11 is 0. The van der Waals surface area contributed by atoms with Crippen molar-refractivity contribution in [2.24, 2.45) is 5.73 Å². The summed E-state index contributed by atoms with van der Waals surface area (Å²) in [7, 11) is -3.43. The van der Waals surface area contributed by atoms with Crippen molar-refractivity contribution in [3.05, 3.63) is 23.9 Å². The molecule has 2 N–H and O–H groups in total. The number of hydrogen-bond acceptors (Lipinski definition) is 4. The van der Waals surface area contributed by atoms with Crippen molar-refractivity contribution in [1.29, 1.82) is 0 Å². The average Bonchev–Trinajstić information content (AvgIpc) is 2.76. The molecular formula is C11H17N3O2S. The summed E-state index contributed by atoms with van der Waals surface area (Å²) < 4.78 is 26.1. The highest BCUT2D eigenvalue weighted by molar-refractivity contribution is 7.89. The van der Waals surface area contributed by atoms with E-state index in [1.165, 1.54) is 16.6 Å². The molecule has 0 amide bonds. The zero-order chi connectivity index (χ0) is 12.5. The van der Waals surface area contributed by atoms with E-state index in [-0.39, 0.29) is 11.1 Å². The fourth-order valence-corrected chi connectivity index (χ4v) is 3.68. The highest BCUT2D eigenvalue weighted by atomic mass is 32.2. The zero-order valence-electron chi connectivity index (χ0n) is 9.83. The number of nitrogens with two attached hydrogens (primary N) is 1. The molecule has 1 aromatic rings. The number of hydrogen-bond donors (Lipinski definition) is 1. The first-order valence-electron chi connectivity index (χ1n) is 5.72. The van der Waals surface area contributed by atoms with Crippen LogP contribution in [0.25, 0.3) is 0 Å². The molecule has 1 unspecified atom stereocenters. The Balaban J connectivity index is 2.31. The van der Waals surface area contributed by atoms with Crippen LogP contribution in [0.3, 0.4) is 0 Å². The molecule has 1 saturated heterocycles. The van der Waals surface area contributed by atoms with Gasteiger partial charge in [-0.05, 0) is 31.4 Å². The molecule has 0 spiro atoms. The Bertz CT molecular complexity index is 484. The minimum atomic E-state index is -3.43. The van der Waals surface area contributed by atoms with Crippen LogP contribution in [0.15, 0.2) is 23.4 Å². The molecule has 0 aliphatic carbocycles. The summed E-state index contributed by atoms with van der Waals surface area (Å²) in [5.74, 6) is 0. The lowest BCUT2D eigenvalue weighted by molar-refractivity contribution is 0.406. The monoisotopic (exact) mass is 255 g/mol. The lowest BCUT2D eigenvalue weighted by Gasteiger charge is -2.20. The number of nitrogens with zero attached hydrogens (tertiary/aromatic N) is 2. The molecule has 1 aliphatic rings. The lowest BCUT2D eigenvalue weighted by atomic mass is 10.3. The molecule has 1 aliphatic heterocycles. The van der Waals surface area contributed by atoms with Crippen molar-refractivity contribution in [3.63, 3.8) is 0 Å². The summed E-state index contributed by atoms with van der Waals surface area (Å²) in [6.45, 7) is 2.88. The van der Waals surface area contributed by atoms with Crippen LogP contribution in [-0.4, -0.2) is 30.3 Å². The minimum Gasteiger partial charge on any atom is -0.326 e. The molecular weight excluding hydrogens is 238 g/mol. The van der Waals surface area contributed by atoms with Gasteiger partial charge >= 0.3 is 0 Å². The van der Waals surface area contributed by atoms with Crippen molar-refractivity contribution >= 4 is 10.0 Å². The summed E-state index contributed by atoms with van der Waals surface area (Å²) in [6, 6.07) is 3.31. The number of pyridine rings is 1. The minimum absolute atomic E-state index is 0.0657. The fraction of sp³-hybridized carbons (Fsp3) is 0.545. The maximum atomic E-state index is 12.3. The van der Waals surface area contributed by atoms with Gasteiger partial charge in [-0.1, -0.05) is 6.07 Å². The van der Waals surface area contributed by atoms with Gasteiger partial charge in [-0.15, -0.1) is 0 Å². The SMILES string of the molecule is CC1CCCN1S(=O)(=O)c1ccc(CN)cn1. The number of rotatable bonds is 3. The molecule has 0 saturated carbocycles. The van der Waals surface area contributed by atoms with Gasteiger partial charge in [0, 0.05) is 25.3 Å². The van der Waals surface area contributed by atoms with E-state index >= 15 is 0 Å². The van der Waals surface area contributed by atoms with Crippen LogP contribution >= 0.6 is 0 Å². The van der Waals surface area contributed by atoms with E-state index in [4.69, 9.17) is 5.73 Å². The summed E-state index contributed by atoms with van der Waals surface area (Å²) in [5.41, 5.74) is 6.29. The second-order valence-corrected chi connectivity index (χ2v) is 6.15. The second-order valence-electron chi connectivity index (χ2n) is 4.32. The lowest BCUT2D eigenvalue weighted by Crippen LogP contribution is -2.34. The fourth-order valence-electron chi connectivity index (χ4n) is 2.07. The van der Waals surface area contributed by atoms with E-state index in [2.05, 4.69) is 4.98 Å². The Morgan fingerprint density at radius 2 is 2.29 bits per heavy atom. The largest absolute Gasteiger partial charge is 0.326 e. The van der Waals surface area contributed by atoms with Gasteiger partial charge in [0.2, 0.25) is 0 Å². The second kappa shape index (κ2) is 4.72. The Labute approximate surface area is 102 Å². The smallest absolute Gasteiger partial charge is 0.260 e. The Morgan fingerprint density at radius 3 is 2.76 bits per heavy atom. The third kappa shape index (κ3) is 2.34. The van der Waals surface area contributed by atoms with E-state index in [1.54, 1.807) is 6.07 Å². The molecule has 1 aromatic heterocycles. The predicted molar refractivity (Wildman–Crippen MR) is 64.7 cm³/mol. The molecule has 0 radical (unpaired) electrons. The maximum Gasteiger partial charge on any atom is 0.260 e. The van der Waals surface area contributed by atoms with Crippen molar-refractivity contribution in [1.82, 2.24) is 9.29 Å². The highest BCUT2D eigenvalue weighted by Crippen LogP contribution is 2.24. The van der Waals surface area contributed by atoms with E-state index in [0.29, 0.717) is 13.1 Å². The summed E-state index contributed by atoms with van der Waals surface area (Å²) in [5, 5.41) is 0.114. The Hall–Kier alpha value is -0.980. The topological polar surface area (TPSA) is 76.3 Å². The molecule has 0 bridgehead atoms. The molecule has 0 aromatic carbocycles. The third-order valence-electron chi connectivity index (χ3n) is 3.10. The van der Waals surface area contributed by atoms with Gasteiger partial charge in [0.15, 0.2) is 5.03 Å². The summed E-state index contributed by atoms with van der Waals surface area (Å²) in [4.78, 5) is 3.99. The molecule has 1 fully saturated rings. The van der Waals surface area contributed by atoms with Crippen molar-refractivity contribution in [2.45, 2.75) is 37.4 Å². The van der Waals surface area contributed by atoms with Crippen molar-refractivity contribution in [3.8, 4) is 0 Å². The van der Waals surface area contributed by atoms with E-state index in [0.717, 1.165) is 18.4 Å². The van der Waals surface area contributed by atoms with Crippen LogP contribution in [0.1, 0.15) is 25.3 Å². The van der Waals surface area contributed by atoms with Crippen LogP contribution in [0, 0.1) is 0 Å². The van der Waals surface area contributed by atoms with Crippen molar-refractivity contribution < 1.29 is 8.42 Å². The number of aromatic nitrogens is 1. The molecule has 2 heterocycles. The van der Waals surface area contributed by atoms with E-state index in [1.807, 2.05) is 6.92 Å². The van der Waals surface area contributed by atoms with Crippen LogP contribution < -0.4 is 5.73 Å². The van der Waals surface area contributed by atoms with Gasteiger partial charge in [0.1, 0.15) is 0 Å². The molecule has 2 rings (SSSR count). The van der Waals surface area contributed by atoms with Crippen LogP contribution in [-0.2, 0) is 16.6 Å². The van der Waals surface area contributed by atoms with Gasteiger partial charge in [0.25, 0.3) is 10.0 Å². The summed E-state index contributed by atoms with van der Waals surface area (Å²) in [6.07, 6.45) is 3.36. The molecule has 6 heteroatoms. The first-order valence-corrected chi connectivity index (χ1v) is 7.16. The van der Waals surface area contributed by atoms with Gasteiger partial charge in [-0.2, -0.15) is 4.31 Å². The third-order valence-corrected chi connectivity index (χ3v) is 5.03. The standard InChI is InChI=1S/C11H17N3O2S/c1-9-3-2-6-14(9)17(15,16)11-5-4-10(7-12)8-13-11/h4-5,8-9H,2-3,6-7,12H2,1H3. The van der Waals surface area contributed by atoms with Gasteiger partial charge < -0.3 is 5.73 Å². The molecule has 94 valence electrons. The zero-order valence-corrected chi connectivity index (χ0v) is 10.7. The van der Waals surface area contributed by atoms with Gasteiger partial charge in [0.05, 0.1) is 0 Å². The van der Waals surface area contributed by atoms with E-state index in [9.17, 15) is 8.42 Å². The van der Waals surface area contributed by atoms with Gasteiger partial charge in [-0.3, -0.25) is 0 Å². The van der Waals surface area contributed by atoms with E-state index < -0.39 is 10.0 Å². The van der Waals surface area contributed by atoms with Gasteiger partial charge in [-0.25, -0.2) is 13.4 Å². The highest BCUT2D eigenvalue weighted by Gasteiger charge is 2.33. The maximum absolute atomic E-state index is 12.3. The van der Waals surface area contributed by atoms with Crippen LogP contribution in [0.4, 0.5) is 0 Å². The molecule has 1 atom stereocenters. The quantitative estimate of drug-likeness (QED) is 0.863. The van der Waals surface area contributed by atoms with Crippen LogP contribution in [0.5, 0.6) is 0 Å². The normalized spacial score (nSPS) is 21.9. The first kappa shape index (κ1) is 12.5. The first-order chi connectivity index (χ1) is 8.05. The van der Waals surface area contributed by atoms with Crippen LogP contribution in [0.2, 0.25) is 0 Å². The average molecular weight is 255 g/mol. The Morgan fingerprint density at radius 1 is 1.53 bits per heavy atom.